The first-order chi connectivity index (χ1) is 10.7. The SMILES string of the molecule is Cc1c(Br)ccc2nn(CC3CN(C(=O)OC(C)(C)C)C3)cc12. The fourth-order valence-electron chi connectivity index (χ4n) is 2.77. The summed E-state index contributed by atoms with van der Waals surface area (Å²) in [6.45, 7) is 10.0. The second-order valence-electron chi connectivity index (χ2n) is 7.21. The molecule has 124 valence electrons. The molecule has 0 unspecified atom stereocenters. The molecule has 0 spiro atoms. The van der Waals surface area contributed by atoms with E-state index in [1.807, 2.05) is 37.6 Å². The van der Waals surface area contributed by atoms with Crippen molar-refractivity contribution in [2.45, 2.75) is 39.8 Å². The molecule has 6 heteroatoms. The van der Waals surface area contributed by atoms with Crippen molar-refractivity contribution < 1.29 is 9.53 Å². The number of fused-ring (bicyclic) bond motifs is 1. The van der Waals surface area contributed by atoms with Crippen LogP contribution in [0.3, 0.4) is 0 Å². The summed E-state index contributed by atoms with van der Waals surface area (Å²) in [5.74, 6) is 0.431. The Balaban J connectivity index is 1.60. The Morgan fingerprint density at radius 1 is 1.39 bits per heavy atom. The third kappa shape index (κ3) is 3.52. The van der Waals surface area contributed by atoms with E-state index in [9.17, 15) is 4.79 Å². The Kier molecular flexibility index (Phi) is 4.12. The van der Waals surface area contributed by atoms with Crippen molar-refractivity contribution in [1.82, 2.24) is 14.7 Å². The van der Waals surface area contributed by atoms with E-state index < -0.39 is 5.60 Å². The van der Waals surface area contributed by atoms with Gasteiger partial charge in [0, 0.05) is 41.6 Å². The lowest BCUT2D eigenvalue weighted by Crippen LogP contribution is -2.52. The highest BCUT2D eigenvalue weighted by Crippen LogP contribution is 2.26. The molecule has 1 aliphatic rings. The highest BCUT2D eigenvalue weighted by molar-refractivity contribution is 9.10. The first-order valence-corrected chi connectivity index (χ1v) is 8.62. The van der Waals surface area contributed by atoms with Gasteiger partial charge in [0.15, 0.2) is 0 Å². The molecule has 2 heterocycles. The lowest BCUT2D eigenvalue weighted by molar-refractivity contribution is -0.00381. The average Bonchev–Trinajstić information content (AvgIpc) is 2.79. The number of amides is 1. The van der Waals surface area contributed by atoms with E-state index in [1.54, 1.807) is 4.90 Å². The molecule has 1 amide bonds. The zero-order chi connectivity index (χ0) is 16.8. The molecule has 1 aromatic heterocycles. The van der Waals surface area contributed by atoms with Crippen LogP contribution in [0.25, 0.3) is 10.9 Å². The first-order valence-electron chi connectivity index (χ1n) is 7.83. The summed E-state index contributed by atoms with van der Waals surface area (Å²) in [5.41, 5.74) is 1.78. The number of aromatic nitrogens is 2. The van der Waals surface area contributed by atoms with Crippen LogP contribution in [-0.4, -0.2) is 39.5 Å². The smallest absolute Gasteiger partial charge is 0.410 e. The minimum atomic E-state index is -0.438. The lowest BCUT2D eigenvalue weighted by atomic mass is 10.0. The Morgan fingerprint density at radius 2 is 2.09 bits per heavy atom. The summed E-state index contributed by atoms with van der Waals surface area (Å²) in [7, 11) is 0. The van der Waals surface area contributed by atoms with Gasteiger partial charge in [-0.3, -0.25) is 4.68 Å². The van der Waals surface area contributed by atoms with Crippen LogP contribution in [0.4, 0.5) is 4.79 Å². The normalized spacial score (nSPS) is 15.8. The van der Waals surface area contributed by atoms with Crippen molar-refractivity contribution in [2.75, 3.05) is 13.1 Å². The van der Waals surface area contributed by atoms with Gasteiger partial charge >= 0.3 is 6.09 Å². The second-order valence-corrected chi connectivity index (χ2v) is 8.06. The number of hydrogen-bond donors (Lipinski definition) is 0. The van der Waals surface area contributed by atoms with Crippen molar-refractivity contribution in [2.24, 2.45) is 5.92 Å². The summed E-state index contributed by atoms with van der Waals surface area (Å²) in [6.07, 6.45) is 1.87. The third-order valence-electron chi connectivity index (χ3n) is 3.99. The molecule has 23 heavy (non-hydrogen) atoms. The Bertz CT molecular complexity index is 742. The second kappa shape index (κ2) is 5.82. The van der Waals surface area contributed by atoms with Gasteiger partial charge in [0.25, 0.3) is 0 Å². The van der Waals surface area contributed by atoms with E-state index in [0.29, 0.717) is 5.92 Å². The third-order valence-corrected chi connectivity index (χ3v) is 4.85. The molecule has 1 aliphatic heterocycles. The van der Waals surface area contributed by atoms with Crippen LogP contribution in [-0.2, 0) is 11.3 Å². The molecular weight excluding hydrogens is 358 g/mol. The maximum absolute atomic E-state index is 11.9. The van der Waals surface area contributed by atoms with E-state index in [1.165, 1.54) is 10.9 Å². The minimum Gasteiger partial charge on any atom is -0.444 e. The summed E-state index contributed by atoms with van der Waals surface area (Å²) >= 11 is 3.55. The number of carbonyl (C=O) groups is 1. The molecular formula is C17H22BrN3O2. The van der Waals surface area contributed by atoms with E-state index in [4.69, 9.17) is 4.74 Å². The zero-order valence-corrected chi connectivity index (χ0v) is 15.6. The van der Waals surface area contributed by atoms with Crippen LogP contribution >= 0.6 is 15.9 Å². The number of ether oxygens (including phenoxy) is 1. The van der Waals surface area contributed by atoms with Crippen molar-refractivity contribution in [3.63, 3.8) is 0 Å². The number of aryl methyl sites for hydroxylation is 1. The van der Waals surface area contributed by atoms with Gasteiger partial charge < -0.3 is 9.64 Å². The number of hydrogen-bond acceptors (Lipinski definition) is 3. The topological polar surface area (TPSA) is 47.4 Å². The van der Waals surface area contributed by atoms with Gasteiger partial charge in [0.2, 0.25) is 0 Å². The highest BCUT2D eigenvalue weighted by Gasteiger charge is 2.33. The fourth-order valence-corrected chi connectivity index (χ4v) is 3.12. The van der Waals surface area contributed by atoms with E-state index in [0.717, 1.165) is 29.6 Å². The molecule has 1 fully saturated rings. The monoisotopic (exact) mass is 379 g/mol. The maximum atomic E-state index is 11.9. The van der Waals surface area contributed by atoms with Gasteiger partial charge in [-0.05, 0) is 45.4 Å². The van der Waals surface area contributed by atoms with Gasteiger partial charge in [0.1, 0.15) is 5.60 Å². The molecule has 3 rings (SSSR count). The quantitative estimate of drug-likeness (QED) is 0.792. The van der Waals surface area contributed by atoms with Crippen molar-refractivity contribution in [3.05, 3.63) is 28.4 Å². The molecule has 0 bridgehead atoms. The number of nitrogens with zero attached hydrogens (tertiary/aromatic N) is 3. The molecule has 0 atom stereocenters. The van der Waals surface area contributed by atoms with E-state index in [-0.39, 0.29) is 6.09 Å². The van der Waals surface area contributed by atoms with E-state index >= 15 is 0 Å². The molecule has 5 nitrogen and oxygen atoms in total. The van der Waals surface area contributed by atoms with Crippen LogP contribution in [0.2, 0.25) is 0 Å². The van der Waals surface area contributed by atoms with Gasteiger partial charge in [-0.2, -0.15) is 5.10 Å². The summed E-state index contributed by atoms with van der Waals surface area (Å²) in [5, 5.41) is 5.80. The number of benzene rings is 1. The summed E-state index contributed by atoms with van der Waals surface area (Å²) in [4.78, 5) is 13.7. The Morgan fingerprint density at radius 3 is 2.74 bits per heavy atom. The number of rotatable bonds is 2. The van der Waals surface area contributed by atoms with Crippen molar-refractivity contribution in [1.29, 1.82) is 0 Å². The Labute approximate surface area is 144 Å². The fraction of sp³-hybridized carbons (Fsp3) is 0.529. The van der Waals surface area contributed by atoms with Gasteiger partial charge in [0.05, 0.1) is 5.52 Å². The summed E-state index contributed by atoms with van der Waals surface area (Å²) in [6, 6.07) is 4.05. The van der Waals surface area contributed by atoms with Crippen LogP contribution in [0, 0.1) is 12.8 Å². The van der Waals surface area contributed by atoms with Crippen LogP contribution in [0.1, 0.15) is 26.3 Å². The molecule has 1 saturated heterocycles. The largest absolute Gasteiger partial charge is 0.444 e. The lowest BCUT2D eigenvalue weighted by Gasteiger charge is -2.39. The van der Waals surface area contributed by atoms with E-state index in [2.05, 4.69) is 34.1 Å². The van der Waals surface area contributed by atoms with Gasteiger partial charge in [-0.25, -0.2) is 4.79 Å². The van der Waals surface area contributed by atoms with Gasteiger partial charge in [-0.1, -0.05) is 15.9 Å². The molecule has 0 aliphatic carbocycles. The van der Waals surface area contributed by atoms with Crippen molar-refractivity contribution >= 4 is 32.9 Å². The minimum absolute atomic E-state index is 0.223. The van der Waals surface area contributed by atoms with Crippen molar-refractivity contribution in [3.8, 4) is 0 Å². The highest BCUT2D eigenvalue weighted by atomic mass is 79.9. The molecule has 1 aromatic carbocycles. The van der Waals surface area contributed by atoms with Crippen LogP contribution in [0.15, 0.2) is 22.8 Å². The molecule has 0 N–H and O–H groups in total. The van der Waals surface area contributed by atoms with Gasteiger partial charge in [-0.15, -0.1) is 0 Å². The number of carbonyl (C=O) groups excluding carboxylic acids is 1. The summed E-state index contributed by atoms with van der Waals surface area (Å²) < 4.78 is 8.46. The Hall–Kier alpha value is -1.56. The predicted molar refractivity (Wildman–Crippen MR) is 93.5 cm³/mol. The molecule has 0 radical (unpaired) electrons. The zero-order valence-electron chi connectivity index (χ0n) is 14.0. The maximum Gasteiger partial charge on any atom is 0.410 e. The molecule has 0 saturated carbocycles. The average molecular weight is 380 g/mol. The standard InChI is InChI=1S/C17H22BrN3O2/c1-11-13-10-21(19-15(13)6-5-14(11)18)9-12-7-20(8-12)16(22)23-17(2,3)4/h5-6,10,12H,7-9H2,1-4H3. The van der Waals surface area contributed by atoms with Crippen LogP contribution < -0.4 is 0 Å². The molecule has 2 aromatic rings. The number of halogens is 1. The predicted octanol–water partition coefficient (Wildman–Crippen LogP) is 3.97. The number of likely N-dealkylation sites (tertiary alicyclic amines) is 1. The van der Waals surface area contributed by atoms with Crippen LogP contribution in [0.5, 0.6) is 0 Å². The first kappa shape index (κ1) is 16.3.